The smallest absolute Gasteiger partial charge is 0.316 e. The first kappa shape index (κ1) is 33.0. The van der Waals surface area contributed by atoms with Gasteiger partial charge in [0.2, 0.25) is 0 Å². The SMILES string of the molecule is C=CCO/N=C(/CCCCCCCCCCCCCCCCC)[C@H]1C(=O)CC(C)(C)[C@H](C(=O)OC)C1=O. The van der Waals surface area contributed by atoms with Crippen LogP contribution in [0.2, 0.25) is 0 Å². The van der Waals surface area contributed by atoms with Crippen LogP contribution in [-0.2, 0) is 24.0 Å². The van der Waals surface area contributed by atoms with Gasteiger partial charge in [-0.3, -0.25) is 14.4 Å². The van der Waals surface area contributed by atoms with Crippen LogP contribution in [0.1, 0.15) is 130 Å². The van der Waals surface area contributed by atoms with Gasteiger partial charge in [-0.2, -0.15) is 0 Å². The maximum Gasteiger partial charge on any atom is 0.316 e. The van der Waals surface area contributed by atoms with Gasteiger partial charge in [0.15, 0.2) is 5.78 Å². The predicted molar refractivity (Wildman–Crippen MR) is 151 cm³/mol. The molecular weight excluding hydrogens is 466 g/mol. The van der Waals surface area contributed by atoms with Crippen LogP contribution in [0.5, 0.6) is 0 Å². The summed E-state index contributed by atoms with van der Waals surface area (Å²) in [4.78, 5) is 44.0. The van der Waals surface area contributed by atoms with Gasteiger partial charge < -0.3 is 9.57 Å². The average Bonchev–Trinajstić information content (AvgIpc) is 2.85. The summed E-state index contributed by atoms with van der Waals surface area (Å²) in [5.74, 6) is -3.22. The van der Waals surface area contributed by atoms with Crippen molar-refractivity contribution >= 4 is 23.2 Å². The monoisotopic (exact) mass is 519 g/mol. The first-order valence-corrected chi connectivity index (χ1v) is 14.7. The number of methoxy groups -OCH3 is 1. The Morgan fingerprint density at radius 1 is 0.919 bits per heavy atom. The van der Waals surface area contributed by atoms with Crippen molar-refractivity contribution in [2.75, 3.05) is 13.7 Å². The third-order valence-electron chi connectivity index (χ3n) is 7.48. The topological polar surface area (TPSA) is 82.0 Å². The summed E-state index contributed by atoms with van der Waals surface area (Å²) >= 11 is 0. The van der Waals surface area contributed by atoms with Crippen molar-refractivity contribution in [2.24, 2.45) is 22.4 Å². The summed E-state index contributed by atoms with van der Waals surface area (Å²) in [5.41, 5.74) is -0.351. The van der Waals surface area contributed by atoms with E-state index < -0.39 is 29.0 Å². The maximum absolute atomic E-state index is 13.3. The van der Waals surface area contributed by atoms with E-state index in [-0.39, 0.29) is 18.8 Å². The van der Waals surface area contributed by atoms with E-state index in [9.17, 15) is 14.4 Å². The molecule has 0 aromatic rings. The second-order valence-corrected chi connectivity index (χ2v) is 11.3. The number of rotatable bonds is 21. The average molecular weight is 520 g/mol. The lowest BCUT2D eigenvalue weighted by molar-refractivity contribution is -0.159. The minimum absolute atomic E-state index is 0.127. The molecule has 0 aliphatic heterocycles. The van der Waals surface area contributed by atoms with E-state index >= 15 is 0 Å². The third-order valence-corrected chi connectivity index (χ3v) is 7.48. The first-order chi connectivity index (χ1) is 17.8. The zero-order valence-electron chi connectivity index (χ0n) is 24.2. The van der Waals surface area contributed by atoms with Crippen LogP contribution in [0.3, 0.4) is 0 Å². The Balaban J connectivity index is 2.42. The maximum atomic E-state index is 13.3. The number of hydrogen-bond acceptors (Lipinski definition) is 6. The molecule has 1 aliphatic rings. The zero-order valence-corrected chi connectivity index (χ0v) is 24.2. The van der Waals surface area contributed by atoms with Gasteiger partial charge in [0.25, 0.3) is 0 Å². The highest BCUT2D eigenvalue weighted by molar-refractivity contribution is 6.26. The Morgan fingerprint density at radius 2 is 1.41 bits per heavy atom. The molecule has 212 valence electrons. The number of Topliss-reactive ketones (excluding diaryl/α,β-unsaturated/α-hetero) is 2. The summed E-state index contributed by atoms with van der Waals surface area (Å²) in [5, 5.41) is 4.16. The molecule has 0 heterocycles. The molecule has 0 aromatic heterocycles. The lowest BCUT2D eigenvalue weighted by Crippen LogP contribution is -2.52. The fourth-order valence-electron chi connectivity index (χ4n) is 5.36. The first-order valence-electron chi connectivity index (χ1n) is 14.7. The highest BCUT2D eigenvalue weighted by atomic mass is 16.6. The van der Waals surface area contributed by atoms with Crippen molar-refractivity contribution in [2.45, 2.75) is 130 Å². The number of oxime groups is 1. The lowest BCUT2D eigenvalue weighted by atomic mass is 9.63. The van der Waals surface area contributed by atoms with Gasteiger partial charge in [-0.1, -0.05) is 128 Å². The number of esters is 1. The van der Waals surface area contributed by atoms with E-state index in [1.165, 1.54) is 84.2 Å². The van der Waals surface area contributed by atoms with Crippen molar-refractivity contribution in [1.29, 1.82) is 0 Å². The minimum Gasteiger partial charge on any atom is -0.468 e. The van der Waals surface area contributed by atoms with Crippen LogP contribution < -0.4 is 0 Å². The molecule has 1 rings (SSSR count). The molecule has 37 heavy (non-hydrogen) atoms. The standard InChI is InChI=1S/C31H53NO5/c1-6-8-9-10-11-12-13-14-15-16-17-18-19-20-21-22-25(32-37-23-7-2)27-26(33)24-31(3,4)28(29(27)34)30(35)36-5/h7,27-28H,2,6,8-24H2,1,3-5H3/b32-25-/t27-,28-/m0/s1. The van der Waals surface area contributed by atoms with Gasteiger partial charge in [0.05, 0.1) is 12.8 Å². The molecule has 6 heteroatoms. The van der Waals surface area contributed by atoms with Crippen LogP contribution in [-0.4, -0.2) is 37.0 Å². The van der Waals surface area contributed by atoms with Crippen molar-refractivity contribution in [3.63, 3.8) is 0 Å². The summed E-state index contributed by atoms with van der Waals surface area (Å²) in [6.45, 7) is 9.61. The minimum atomic E-state index is -1.03. The van der Waals surface area contributed by atoms with Crippen LogP contribution >= 0.6 is 0 Å². The predicted octanol–water partition coefficient (Wildman–Crippen LogP) is 7.78. The van der Waals surface area contributed by atoms with Crippen molar-refractivity contribution < 1.29 is 24.0 Å². The molecular formula is C31H53NO5. The molecule has 6 nitrogen and oxygen atoms in total. The van der Waals surface area contributed by atoms with E-state index in [1.807, 2.05) is 0 Å². The molecule has 0 aromatic carbocycles. The highest BCUT2D eigenvalue weighted by Gasteiger charge is 2.53. The van der Waals surface area contributed by atoms with Gasteiger partial charge in [-0.05, 0) is 18.3 Å². The number of carbonyl (C=O) groups excluding carboxylic acids is 3. The van der Waals surface area contributed by atoms with Crippen LogP contribution in [0.25, 0.3) is 0 Å². The molecule has 0 unspecified atom stereocenters. The second-order valence-electron chi connectivity index (χ2n) is 11.3. The van der Waals surface area contributed by atoms with Crippen molar-refractivity contribution in [1.82, 2.24) is 0 Å². The molecule has 0 bridgehead atoms. The largest absolute Gasteiger partial charge is 0.468 e. The molecule has 1 fully saturated rings. The molecule has 2 atom stereocenters. The summed E-state index contributed by atoms with van der Waals surface area (Å²) in [6, 6.07) is 0. The van der Waals surface area contributed by atoms with Crippen LogP contribution in [0.15, 0.2) is 17.8 Å². The van der Waals surface area contributed by atoms with E-state index in [0.29, 0.717) is 12.1 Å². The Morgan fingerprint density at radius 3 is 1.86 bits per heavy atom. The van der Waals surface area contributed by atoms with E-state index in [0.717, 1.165) is 19.3 Å². The number of carbonyl (C=O) groups is 3. The molecule has 0 N–H and O–H groups in total. The van der Waals surface area contributed by atoms with Gasteiger partial charge in [-0.15, -0.1) is 0 Å². The fourth-order valence-corrected chi connectivity index (χ4v) is 5.36. The Hall–Kier alpha value is -1.98. The number of ether oxygens (including phenoxy) is 1. The Bertz CT molecular complexity index is 727. The lowest BCUT2D eigenvalue weighted by Gasteiger charge is -2.38. The molecule has 0 saturated heterocycles. The third kappa shape index (κ3) is 12.4. The van der Waals surface area contributed by atoms with E-state index in [1.54, 1.807) is 19.9 Å². The Kier molecular flexibility index (Phi) is 17.1. The summed E-state index contributed by atoms with van der Waals surface area (Å²) in [7, 11) is 1.27. The van der Waals surface area contributed by atoms with E-state index in [4.69, 9.17) is 9.57 Å². The number of ketones is 2. The molecule has 0 spiro atoms. The normalized spacial score (nSPS) is 19.6. The fraction of sp³-hybridized carbons (Fsp3) is 0.806. The van der Waals surface area contributed by atoms with Crippen molar-refractivity contribution in [3.8, 4) is 0 Å². The Labute approximate surface area is 226 Å². The number of nitrogens with zero attached hydrogens (tertiary/aromatic N) is 1. The highest BCUT2D eigenvalue weighted by Crippen LogP contribution is 2.40. The molecule has 0 amide bonds. The van der Waals surface area contributed by atoms with Crippen LogP contribution in [0, 0.1) is 17.3 Å². The van der Waals surface area contributed by atoms with Gasteiger partial charge in [0, 0.05) is 6.42 Å². The van der Waals surface area contributed by atoms with E-state index in [2.05, 4.69) is 18.7 Å². The molecule has 1 aliphatic carbocycles. The summed E-state index contributed by atoms with van der Waals surface area (Å²) in [6.07, 6.45) is 21.2. The van der Waals surface area contributed by atoms with Gasteiger partial charge in [0.1, 0.15) is 24.2 Å². The molecule has 1 saturated carbocycles. The number of unbranched alkanes of at least 4 members (excludes halogenated alkanes) is 14. The quantitative estimate of drug-likeness (QED) is 0.0386. The second kappa shape index (κ2) is 19.1. The van der Waals surface area contributed by atoms with Gasteiger partial charge in [-0.25, -0.2) is 0 Å². The summed E-state index contributed by atoms with van der Waals surface area (Å²) < 4.78 is 4.89. The molecule has 0 radical (unpaired) electrons. The van der Waals surface area contributed by atoms with Crippen molar-refractivity contribution in [3.05, 3.63) is 12.7 Å². The zero-order chi connectivity index (χ0) is 27.5. The van der Waals surface area contributed by atoms with Gasteiger partial charge >= 0.3 is 5.97 Å². The number of hydrogen-bond donors (Lipinski definition) is 0. The van der Waals surface area contributed by atoms with Crippen LogP contribution in [0.4, 0.5) is 0 Å².